The third kappa shape index (κ3) is 1.55. The summed E-state index contributed by atoms with van der Waals surface area (Å²) in [5.74, 6) is 1.74. The van der Waals surface area contributed by atoms with E-state index in [2.05, 4.69) is 16.4 Å². The van der Waals surface area contributed by atoms with Gasteiger partial charge in [0.1, 0.15) is 6.07 Å². The van der Waals surface area contributed by atoms with Crippen LogP contribution in [0.4, 0.5) is 5.69 Å². The third-order valence-corrected chi connectivity index (χ3v) is 4.02. The molecule has 1 aromatic rings. The average Bonchev–Trinajstić information content (AvgIpc) is 2.92. The van der Waals surface area contributed by atoms with Crippen LogP contribution in [0.25, 0.3) is 0 Å². The van der Waals surface area contributed by atoms with E-state index < -0.39 is 0 Å². The smallest absolute Gasteiger partial charge is 0.101 e. The molecule has 82 valence electrons. The lowest BCUT2D eigenvalue weighted by Gasteiger charge is -2.24. The summed E-state index contributed by atoms with van der Waals surface area (Å²) in [6.45, 7) is 0. The first-order chi connectivity index (χ1) is 7.86. The predicted molar refractivity (Wildman–Crippen MR) is 61.8 cm³/mol. The monoisotopic (exact) mass is 213 g/mol. The minimum atomic E-state index is 0.565. The van der Waals surface area contributed by atoms with Crippen molar-refractivity contribution in [2.24, 2.45) is 11.8 Å². The average molecular weight is 213 g/mol. The molecule has 2 bridgehead atoms. The zero-order chi connectivity index (χ0) is 11.0. The molecular weight excluding hydrogens is 198 g/mol. The lowest BCUT2D eigenvalue weighted by atomic mass is 9.95. The van der Waals surface area contributed by atoms with Gasteiger partial charge in [0.15, 0.2) is 0 Å². The summed E-state index contributed by atoms with van der Waals surface area (Å²) in [6.07, 6.45) is 8.84. The second kappa shape index (κ2) is 3.79. The van der Waals surface area contributed by atoms with Crippen molar-refractivity contribution in [3.63, 3.8) is 0 Å². The minimum absolute atomic E-state index is 0.565. The molecule has 16 heavy (non-hydrogen) atoms. The fraction of sp³-hybridized carbons (Fsp3) is 0.538. The van der Waals surface area contributed by atoms with Crippen LogP contribution >= 0.6 is 0 Å². The quantitative estimate of drug-likeness (QED) is 0.821. The summed E-state index contributed by atoms with van der Waals surface area (Å²) in [6, 6.07) is 4.55. The first kappa shape index (κ1) is 9.65. The zero-order valence-corrected chi connectivity index (χ0v) is 9.19. The Morgan fingerprint density at radius 2 is 2.31 bits per heavy atom. The van der Waals surface area contributed by atoms with Gasteiger partial charge in [-0.3, -0.25) is 4.98 Å². The Kier molecular flexibility index (Phi) is 2.28. The van der Waals surface area contributed by atoms with Crippen molar-refractivity contribution in [3.8, 4) is 6.07 Å². The van der Waals surface area contributed by atoms with Crippen molar-refractivity contribution in [3.05, 3.63) is 24.0 Å². The highest BCUT2D eigenvalue weighted by Crippen LogP contribution is 2.45. The van der Waals surface area contributed by atoms with Crippen molar-refractivity contribution in [2.75, 3.05) is 5.32 Å². The van der Waals surface area contributed by atoms with E-state index in [1.165, 1.54) is 25.7 Å². The lowest BCUT2D eigenvalue weighted by molar-refractivity contribution is 0.439. The van der Waals surface area contributed by atoms with Gasteiger partial charge in [-0.25, -0.2) is 0 Å². The number of aromatic nitrogens is 1. The molecule has 2 fully saturated rings. The van der Waals surface area contributed by atoms with E-state index in [-0.39, 0.29) is 0 Å². The summed E-state index contributed by atoms with van der Waals surface area (Å²) in [5, 5.41) is 12.5. The molecule has 3 unspecified atom stereocenters. The molecule has 3 nitrogen and oxygen atoms in total. The van der Waals surface area contributed by atoms with Crippen molar-refractivity contribution in [2.45, 2.75) is 31.7 Å². The van der Waals surface area contributed by atoms with Crippen LogP contribution in [-0.2, 0) is 0 Å². The standard InChI is InChI=1S/C13H15N3/c14-7-11-3-4-15-8-13(11)16-12-6-9-1-2-10(12)5-9/h3-4,8-10,12,16H,1-2,5-6H2. The van der Waals surface area contributed by atoms with Crippen LogP contribution in [0.15, 0.2) is 18.5 Å². The molecule has 0 spiro atoms. The van der Waals surface area contributed by atoms with Crippen molar-refractivity contribution in [1.29, 1.82) is 5.26 Å². The topological polar surface area (TPSA) is 48.7 Å². The van der Waals surface area contributed by atoms with Gasteiger partial charge in [0, 0.05) is 12.2 Å². The highest BCUT2D eigenvalue weighted by atomic mass is 15.0. The van der Waals surface area contributed by atoms with Crippen LogP contribution in [0.5, 0.6) is 0 Å². The van der Waals surface area contributed by atoms with Gasteiger partial charge in [-0.1, -0.05) is 6.42 Å². The summed E-state index contributed by atoms with van der Waals surface area (Å²) in [4.78, 5) is 4.08. The molecule has 1 aromatic heterocycles. The molecule has 1 N–H and O–H groups in total. The van der Waals surface area contributed by atoms with Gasteiger partial charge in [0.2, 0.25) is 0 Å². The summed E-state index contributed by atoms with van der Waals surface area (Å²) >= 11 is 0. The van der Waals surface area contributed by atoms with Gasteiger partial charge in [-0.05, 0) is 37.2 Å². The first-order valence-electron chi connectivity index (χ1n) is 5.97. The molecule has 1 heterocycles. The molecule has 0 aliphatic heterocycles. The molecule has 2 aliphatic carbocycles. The van der Waals surface area contributed by atoms with Gasteiger partial charge in [-0.2, -0.15) is 5.26 Å². The summed E-state index contributed by atoms with van der Waals surface area (Å²) in [5.41, 5.74) is 1.61. The predicted octanol–water partition coefficient (Wildman–Crippen LogP) is 2.55. The van der Waals surface area contributed by atoms with Gasteiger partial charge >= 0.3 is 0 Å². The molecule has 3 atom stereocenters. The lowest BCUT2D eigenvalue weighted by Crippen LogP contribution is -2.26. The number of nitrogens with zero attached hydrogens (tertiary/aromatic N) is 2. The van der Waals surface area contributed by atoms with Crippen molar-refractivity contribution < 1.29 is 0 Å². The highest BCUT2D eigenvalue weighted by molar-refractivity contribution is 5.56. The van der Waals surface area contributed by atoms with E-state index in [0.717, 1.165) is 17.5 Å². The van der Waals surface area contributed by atoms with Crippen LogP contribution in [0.2, 0.25) is 0 Å². The number of pyridine rings is 1. The number of hydrogen-bond acceptors (Lipinski definition) is 3. The van der Waals surface area contributed by atoms with E-state index in [4.69, 9.17) is 5.26 Å². The second-order valence-corrected chi connectivity index (χ2v) is 4.96. The molecular formula is C13H15N3. The van der Waals surface area contributed by atoms with Crippen LogP contribution in [0.1, 0.15) is 31.2 Å². The highest BCUT2D eigenvalue weighted by Gasteiger charge is 2.39. The maximum absolute atomic E-state index is 9.01. The number of hydrogen-bond donors (Lipinski definition) is 1. The number of anilines is 1. The Morgan fingerprint density at radius 1 is 1.38 bits per heavy atom. The van der Waals surface area contributed by atoms with Crippen LogP contribution in [-0.4, -0.2) is 11.0 Å². The van der Waals surface area contributed by atoms with E-state index in [1.807, 2.05) is 0 Å². The zero-order valence-electron chi connectivity index (χ0n) is 9.19. The number of nitriles is 1. The molecule has 0 amide bonds. The fourth-order valence-corrected chi connectivity index (χ4v) is 3.23. The maximum atomic E-state index is 9.01. The molecule has 2 aliphatic rings. The molecule has 0 aromatic carbocycles. The molecule has 3 rings (SSSR count). The van der Waals surface area contributed by atoms with E-state index >= 15 is 0 Å². The molecule has 0 radical (unpaired) electrons. The number of nitrogens with one attached hydrogen (secondary N) is 1. The number of fused-ring (bicyclic) bond motifs is 2. The fourth-order valence-electron chi connectivity index (χ4n) is 3.23. The third-order valence-electron chi connectivity index (χ3n) is 4.02. The van der Waals surface area contributed by atoms with E-state index in [1.54, 1.807) is 18.5 Å². The Morgan fingerprint density at radius 3 is 3.00 bits per heavy atom. The Hall–Kier alpha value is -1.56. The normalized spacial score (nSPS) is 31.3. The van der Waals surface area contributed by atoms with Crippen LogP contribution < -0.4 is 5.32 Å². The van der Waals surface area contributed by atoms with Gasteiger partial charge < -0.3 is 5.32 Å². The first-order valence-corrected chi connectivity index (χ1v) is 5.97. The van der Waals surface area contributed by atoms with E-state index in [0.29, 0.717) is 11.6 Å². The van der Waals surface area contributed by atoms with Crippen molar-refractivity contribution in [1.82, 2.24) is 4.98 Å². The maximum Gasteiger partial charge on any atom is 0.101 e. The van der Waals surface area contributed by atoms with Crippen molar-refractivity contribution >= 4 is 5.69 Å². The Balaban J connectivity index is 1.77. The summed E-state index contributed by atoms with van der Waals surface area (Å²) in [7, 11) is 0. The Bertz CT molecular complexity index is 435. The Labute approximate surface area is 95.5 Å². The molecule has 3 heteroatoms. The summed E-state index contributed by atoms with van der Waals surface area (Å²) < 4.78 is 0. The van der Waals surface area contributed by atoms with Crippen LogP contribution in [0.3, 0.4) is 0 Å². The largest absolute Gasteiger partial charge is 0.380 e. The minimum Gasteiger partial charge on any atom is -0.380 e. The second-order valence-electron chi connectivity index (χ2n) is 4.96. The van der Waals surface area contributed by atoms with Crippen LogP contribution in [0, 0.1) is 23.2 Å². The van der Waals surface area contributed by atoms with Gasteiger partial charge in [0.25, 0.3) is 0 Å². The molecule has 0 saturated heterocycles. The SMILES string of the molecule is N#Cc1ccncc1NC1CC2CCC1C2. The molecule has 2 saturated carbocycles. The number of rotatable bonds is 2. The van der Waals surface area contributed by atoms with Gasteiger partial charge in [0.05, 0.1) is 17.4 Å². The van der Waals surface area contributed by atoms with E-state index in [9.17, 15) is 0 Å². The van der Waals surface area contributed by atoms with Gasteiger partial charge in [-0.15, -0.1) is 0 Å².